The van der Waals surface area contributed by atoms with Crippen LogP contribution in [0, 0.1) is 0 Å². The third-order valence-electron chi connectivity index (χ3n) is 6.28. The van der Waals surface area contributed by atoms with Crippen LogP contribution in [0.25, 0.3) is 0 Å². The van der Waals surface area contributed by atoms with Gasteiger partial charge in [-0.3, -0.25) is 9.59 Å². The normalized spacial score (nSPS) is 17.6. The number of nitrogens with one attached hydrogen (secondary N) is 2. The van der Waals surface area contributed by atoms with Gasteiger partial charge in [0.05, 0.1) is 0 Å². The van der Waals surface area contributed by atoms with Crippen LogP contribution in [0.5, 0.6) is 0 Å². The Balaban J connectivity index is 1.42. The Morgan fingerprint density at radius 1 is 0.676 bits per heavy atom. The molecule has 2 aliphatic carbocycles. The predicted molar refractivity (Wildman–Crippen MR) is 124 cm³/mol. The van der Waals surface area contributed by atoms with Crippen molar-refractivity contribution < 1.29 is 28.7 Å². The molecule has 2 N–H and O–H groups in total. The van der Waals surface area contributed by atoms with Crippen molar-refractivity contribution in [2.75, 3.05) is 13.2 Å². The van der Waals surface area contributed by atoms with Gasteiger partial charge >= 0.3 is 11.9 Å². The maximum Gasteiger partial charge on any atom is 0.357 e. The molecule has 9 heteroatoms. The molecule has 0 spiro atoms. The molecule has 1 aromatic heterocycles. The van der Waals surface area contributed by atoms with Gasteiger partial charge in [0.1, 0.15) is 11.4 Å². The molecule has 3 rings (SSSR count). The number of esters is 2. The number of aromatic nitrogens is 1. The fourth-order valence-corrected chi connectivity index (χ4v) is 4.46. The molecule has 2 amide bonds. The van der Waals surface area contributed by atoms with Crippen molar-refractivity contribution >= 4 is 23.8 Å². The summed E-state index contributed by atoms with van der Waals surface area (Å²) in [4.78, 5) is 52.8. The van der Waals surface area contributed by atoms with Crippen LogP contribution >= 0.6 is 0 Å². The first-order valence-corrected chi connectivity index (χ1v) is 12.4. The summed E-state index contributed by atoms with van der Waals surface area (Å²) in [6.07, 6.45) is 12.8. The molecule has 2 aliphatic rings. The van der Waals surface area contributed by atoms with E-state index in [1.807, 2.05) is 0 Å². The maximum absolute atomic E-state index is 12.3. The van der Waals surface area contributed by atoms with Gasteiger partial charge in [0, 0.05) is 12.1 Å². The smallest absolute Gasteiger partial charge is 0.357 e. The second-order valence-electron chi connectivity index (χ2n) is 9.07. The van der Waals surface area contributed by atoms with Crippen molar-refractivity contribution in [2.24, 2.45) is 0 Å². The second kappa shape index (κ2) is 13.7. The van der Waals surface area contributed by atoms with Gasteiger partial charge in [-0.2, -0.15) is 0 Å². The number of carbonyl (C=O) groups excluding carboxylic acids is 4. The second-order valence-corrected chi connectivity index (χ2v) is 9.07. The highest BCUT2D eigenvalue weighted by Crippen LogP contribution is 2.18. The lowest BCUT2D eigenvalue weighted by atomic mass is 10.1. The van der Waals surface area contributed by atoms with Gasteiger partial charge in [-0.05, 0) is 37.8 Å². The van der Waals surface area contributed by atoms with Gasteiger partial charge in [-0.25, -0.2) is 14.6 Å². The highest BCUT2D eigenvalue weighted by molar-refractivity contribution is 5.93. The fourth-order valence-electron chi connectivity index (χ4n) is 4.46. The molecule has 186 valence electrons. The Hall–Kier alpha value is -2.97. The molecule has 0 atom stereocenters. The minimum atomic E-state index is -0.809. The molecular weight excluding hydrogens is 438 g/mol. The zero-order valence-electron chi connectivity index (χ0n) is 19.7. The standard InChI is InChI=1S/C25H35N3O6/c29-22(26-18-10-5-1-2-6-11-18)16-33-24(31)20-14-9-15-21(28-20)25(32)34-17-23(30)27-19-12-7-3-4-8-13-19/h9,14-15,18-19H,1-8,10-13,16-17H2,(H,26,29)(H,27,30). The molecule has 0 aromatic carbocycles. The first kappa shape index (κ1) is 25.6. The third-order valence-corrected chi connectivity index (χ3v) is 6.28. The zero-order valence-corrected chi connectivity index (χ0v) is 19.7. The largest absolute Gasteiger partial charge is 0.451 e. The van der Waals surface area contributed by atoms with E-state index in [-0.39, 0.29) is 35.3 Å². The van der Waals surface area contributed by atoms with E-state index in [9.17, 15) is 19.2 Å². The van der Waals surface area contributed by atoms with E-state index in [0.29, 0.717) is 0 Å². The topological polar surface area (TPSA) is 124 Å². The van der Waals surface area contributed by atoms with Crippen molar-refractivity contribution in [3.8, 4) is 0 Å². The van der Waals surface area contributed by atoms with E-state index >= 15 is 0 Å². The molecule has 34 heavy (non-hydrogen) atoms. The van der Waals surface area contributed by atoms with Crippen molar-refractivity contribution in [1.29, 1.82) is 0 Å². The Bertz CT molecular complexity index is 778. The van der Waals surface area contributed by atoms with Crippen LogP contribution in [0.15, 0.2) is 18.2 Å². The summed E-state index contributed by atoms with van der Waals surface area (Å²) in [5, 5.41) is 5.81. The summed E-state index contributed by atoms with van der Waals surface area (Å²) < 4.78 is 10.1. The average Bonchev–Trinajstić information content (AvgIpc) is 3.26. The molecule has 0 unspecified atom stereocenters. The van der Waals surface area contributed by atoms with Crippen molar-refractivity contribution in [3.05, 3.63) is 29.6 Å². The summed E-state index contributed by atoms with van der Waals surface area (Å²) in [5.41, 5.74) is -0.223. The Morgan fingerprint density at radius 3 is 1.44 bits per heavy atom. The number of ether oxygens (including phenoxy) is 2. The monoisotopic (exact) mass is 473 g/mol. The van der Waals surface area contributed by atoms with E-state index in [1.165, 1.54) is 43.9 Å². The molecule has 0 saturated heterocycles. The molecule has 2 fully saturated rings. The number of hydrogen-bond donors (Lipinski definition) is 2. The molecule has 0 aliphatic heterocycles. The van der Waals surface area contributed by atoms with Crippen LogP contribution in [-0.4, -0.2) is 54.0 Å². The number of rotatable bonds is 8. The highest BCUT2D eigenvalue weighted by atomic mass is 16.5. The van der Waals surface area contributed by atoms with Crippen LogP contribution < -0.4 is 10.6 Å². The summed E-state index contributed by atoms with van der Waals surface area (Å²) in [5.74, 6) is -2.32. The van der Waals surface area contributed by atoms with E-state index in [0.717, 1.165) is 51.4 Å². The molecule has 0 radical (unpaired) electrons. The maximum atomic E-state index is 12.3. The quantitative estimate of drug-likeness (QED) is 0.439. The third kappa shape index (κ3) is 8.76. The van der Waals surface area contributed by atoms with Crippen LogP contribution in [0.3, 0.4) is 0 Å². The van der Waals surface area contributed by atoms with Gasteiger partial charge in [0.2, 0.25) is 0 Å². The lowest BCUT2D eigenvalue weighted by Crippen LogP contribution is -2.37. The summed E-state index contributed by atoms with van der Waals surface area (Å²) in [7, 11) is 0. The minimum absolute atomic E-state index is 0.111. The van der Waals surface area contributed by atoms with Crippen molar-refractivity contribution in [1.82, 2.24) is 15.6 Å². The lowest BCUT2D eigenvalue weighted by molar-refractivity contribution is -0.125. The molecular formula is C25H35N3O6. The van der Waals surface area contributed by atoms with Gasteiger partial charge < -0.3 is 20.1 Å². The van der Waals surface area contributed by atoms with E-state index in [4.69, 9.17) is 9.47 Å². The van der Waals surface area contributed by atoms with Crippen LogP contribution in [0.2, 0.25) is 0 Å². The molecule has 1 aromatic rings. The Labute approximate surface area is 200 Å². The number of pyridine rings is 1. The average molecular weight is 474 g/mol. The Morgan fingerprint density at radius 2 is 1.06 bits per heavy atom. The first-order valence-electron chi connectivity index (χ1n) is 12.4. The summed E-state index contributed by atoms with van der Waals surface area (Å²) in [6.45, 7) is -0.819. The molecule has 1 heterocycles. The predicted octanol–water partition coefficient (Wildman–Crippen LogP) is 3.07. The van der Waals surface area contributed by atoms with E-state index in [1.54, 1.807) is 0 Å². The van der Waals surface area contributed by atoms with Gasteiger partial charge in [-0.1, -0.05) is 57.4 Å². The number of hydrogen-bond acceptors (Lipinski definition) is 7. The fraction of sp³-hybridized carbons (Fsp3) is 0.640. The molecule has 0 bridgehead atoms. The first-order chi connectivity index (χ1) is 16.5. The number of carbonyl (C=O) groups is 4. The summed E-state index contributed by atoms with van der Waals surface area (Å²) in [6, 6.07) is 4.48. The summed E-state index contributed by atoms with van der Waals surface area (Å²) >= 11 is 0. The Kier molecular flexibility index (Phi) is 10.3. The zero-order chi connectivity index (χ0) is 24.2. The van der Waals surface area contributed by atoms with E-state index < -0.39 is 25.2 Å². The van der Waals surface area contributed by atoms with Gasteiger partial charge in [-0.15, -0.1) is 0 Å². The lowest BCUT2D eigenvalue weighted by Gasteiger charge is -2.16. The number of nitrogens with zero attached hydrogens (tertiary/aromatic N) is 1. The van der Waals surface area contributed by atoms with Gasteiger partial charge in [0.15, 0.2) is 13.2 Å². The minimum Gasteiger partial charge on any atom is -0.451 e. The molecule has 9 nitrogen and oxygen atoms in total. The van der Waals surface area contributed by atoms with E-state index in [2.05, 4.69) is 15.6 Å². The molecule has 2 saturated carbocycles. The number of amides is 2. The SMILES string of the molecule is O=C(COC(=O)c1cccc(C(=O)OCC(=O)NC2CCCCCC2)n1)NC1CCCCCC1. The van der Waals surface area contributed by atoms with Crippen molar-refractivity contribution in [2.45, 2.75) is 89.1 Å². The van der Waals surface area contributed by atoms with Crippen LogP contribution in [-0.2, 0) is 19.1 Å². The highest BCUT2D eigenvalue weighted by Gasteiger charge is 2.20. The van der Waals surface area contributed by atoms with Crippen LogP contribution in [0.1, 0.15) is 98.0 Å². The van der Waals surface area contributed by atoms with Gasteiger partial charge in [0.25, 0.3) is 11.8 Å². The van der Waals surface area contributed by atoms with Crippen molar-refractivity contribution in [3.63, 3.8) is 0 Å². The van der Waals surface area contributed by atoms with Crippen LogP contribution in [0.4, 0.5) is 0 Å².